The summed E-state index contributed by atoms with van der Waals surface area (Å²) in [6.07, 6.45) is 1.46. The standard InChI is InChI=1S/C9H16N2O4S2/c1-2-3-15-9(14)7(11)5-17-16-4-6(10)8(12)13/h2,6-7H,1,3-5,10-11H2,(H,12,13)/t6-,7-/m0/s1. The SMILES string of the molecule is C=CCOC(=O)[C@@H](N)CSSC[C@H](N)C(=O)O. The van der Waals surface area contributed by atoms with Crippen LogP contribution in [0.2, 0.25) is 0 Å². The number of hydrogen-bond donors (Lipinski definition) is 3. The van der Waals surface area contributed by atoms with E-state index in [9.17, 15) is 9.59 Å². The molecule has 0 saturated carbocycles. The van der Waals surface area contributed by atoms with Crippen molar-refractivity contribution in [3.63, 3.8) is 0 Å². The molecule has 0 aromatic carbocycles. The molecule has 8 heteroatoms. The minimum atomic E-state index is -1.05. The molecule has 0 bridgehead atoms. The van der Waals surface area contributed by atoms with Crippen molar-refractivity contribution in [1.29, 1.82) is 0 Å². The number of ether oxygens (including phenoxy) is 1. The summed E-state index contributed by atoms with van der Waals surface area (Å²) in [6, 6.07) is -1.63. The molecule has 0 aromatic rings. The highest BCUT2D eigenvalue weighted by Crippen LogP contribution is 2.22. The van der Waals surface area contributed by atoms with Gasteiger partial charge in [0.2, 0.25) is 0 Å². The number of carbonyl (C=O) groups excluding carboxylic acids is 1. The molecule has 2 atom stereocenters. The Labute approximate surface area is 108 Å². The molecule has 0 aliphatic carbocycles. The van der Waals surface area contributed by atoms with Gasteiger partial charge in [0, 0.05) is 11.5 Å². The normalized spacial score (nSPS) is 13.8. The summed E-state index contributed by atoms with van der Waals surface area (Å²) < 4.78 is 4.75. The summed E-state index contributed by atoms with van der Waals surface area (Å²) in [6.45, 7) is 3.54. The van der Waals surface area contributed by atoms with Crippen molar-refractivity contribution in [3.8, 4) is 0 Å². The third-order valence-corrected chi connectivity index (χ3v) is 4.02. The summed E-state index contributed by atoms with van der Waals surface area (Å²) in [5.74, 6) is -0.949. The largest absolute Gasteiger partial charge is 0.480 e. The monoisotopic (exact) mass is 280 g/mol. The van der Waals surface area contributed by atoms with E-state index in [4.69, 9.17) is 21.3 Å². The summed E-state index contributed by atoms with van der Waals surface area (Å²) in [4.78, 5) is 21.6. The van der Waals surface area contributed by atoms with Gasteiger partial charge in [-0.05, 0) is 0 Å². The molecule has 0 spiro atoms. The lowest BCUT2D eigenvalue weighted by Crippen LogP contribution is -2.35. The van der Waals surface area contributed by atoms with Gasteiger partial charge in [0.1, 0.15) is 18.7 Å². The number of esters is 1. The van der Waals surface area contributed by atoms with Crippen molar-refractivity contribution in [3.05, 3.63) is 12.7 Å². The number of aliphatic carboxylic acids is 1. The number of nitrogens with two attached hydrogens (primary N) is 2. The molecule has 0 saturated heterocycles. The fourth-order valence-electron chi connectivity index (χ4n) is 0.630. The van der Waals surface area contributed by atoms with Crippen LogP contribution in [0, 0.1) is 0 Å². The maximum absolute atomic E-state index is 11.2. The molecule has 5 N–H and O–H groups in total. The maximum Gasteiger partial charge on any atom is 0.324 e. The molecule has 0 rings (SSSR count). The van der Waals surface area contributed by atoms with E-state index in [2.05, 4.69) is 6.58 Å². The number of carboxylic acid groups (broad SMARTS) is 1. The van der Waals surface area contributed by atoms with Crippen LogP contribution in [0.5, 0.6) is 0 Å². The van der Waals surface area contributed by atoms with Crippen molar-refractivity contribution in [1.82, 2.24) is 0 Å². The summed E-state index contributed by atoms with van der Waals surface area (Å²) in [7, 11) is 2.55. The van der Waals surface area contributed by atoms with E-state index in [1.807, 2.05) is 0 Å². The second kappa shape index (κ2) is 9.34. The van der Waals surface area contributed by atoms with Gasteiger partial charge in [-0.1, -0.05) is 34.2 Å². The van der Waals surface area contributed by atoms with Crippen molar-refractivity contribution in [2.45, 2.75) is 12.1 Å². The highest BCUT2D eigenvalue weighted by atomic mass is 33.1. The topological polar surface area (TPSA) is 116 Å². The molecule has 0 aliphatic rings. The first kappa shape index (κ1) is 16.3. The number of carboxylic acids is 1. The molecule has 0 heterocycles. The quantitative estimate of drug-likeness (QED) is 0.231. The number of rotatable bonds is 9. The van der Waals surface area contributed by atoms with E-state index in [1.165, 1.54) is 27.7 Å². The van der Waals surface area contributed by atoms with Gasteiger partial charge in [0.05, 0.1) is 0 Å². The molecule has 0 radical (unpaired) electrons. The lowest BCUT2D eigenvalue weighted by atomic mass is 10.4. The third-order valence-electron chi connectivity index (χ3n) is 1.54. The molecule has 98 valence electrons. The van der Waals surface area contributed by atoms with Crippen LogP contribution in [0.25, 0.3) is 0 Å². The lowest BCUT2D eigenvalue weighted by molar-refractivity contribution is -0.143. The molecule has 6 nitrogen and oxygen atoms in total. The van der Waals surface area contributed by atoms with Crippen LogP contribution in [0.15, 0.2) is 12.7 Å². The highest BCUT2D eigenvalue weighted by molar-refractivity contribution is 8.76. The predicted molar refractivity (Wildman–Crippen MR) is 69.7 cm³/mol. The fourth-order valence-corrected chi connectivity index (χ4v) is 2.85. The summed E-state index contributed by atoms with van der Waals surface area (Å²) >= 11 is 0. The van der Waals surface area contributed by atoms with Gasteiger partial charge in [0.15, 0.2) is 0 Å². The maximum atomic E-state index is 11.2. The van der Waals surface area contributed by atoms with Crippen LogP contribution in [0.1, 0.15) is 0 Å². The minimum Gasteiger partial charge on any atom is -0.480 e. The van der Waals surface area contributed by atoms with Gasteiger partial charge in [-0.3, -0.25) is 9.59 Å². The Morgan fingerprint density at radius 1 is 1.29 bits per heavy atom. The predicted octanol–water partition coefficient (Wildman–Crippen LogP) is -0.164. The van der Waals surface area contributed by atoms with E-state index >= 15 is 0 Å². The van der Waals surface area contributed by atoms with Gasteiger partial charge < -0.3 is 21.3 Å². The zero-order valence-corrected chi connectivity index (χ0v) is 10.8. The molecule has 0 fully saturated rings. The Hall–Kier alpha value is -0.700. The van der Waals surface area contributed by atoms with Crippen LogP contribution < -0.4 is 11.5 Å². The Balaban J connectivity index is 3.63. The van der Waals surface area contributed by atoms with E-state index in [1.54, 1.807) is 0 Å². The summed E-state index contributed by atoms with van der Waals surface area (Å²) in [5, 5.41) is 8.52. The van der Waals surface area contributed by atoms with Crippen molar-refractivity contribution in [2.24, 2.45) is 11.5 Å². The van der Waals surface area contributed by atoms with Gasteiger partial charge in [0.25, 0.3) is 0 Å². The number of carbonyl (C=O) groups is 2. The van der Waals surface area contributed by atoms with E-state index in [-0.39, 0.29) is 12.4 Å². The first-order valence-electron chi connectivity index (χ1n) is 4.75. The van der Waals surface area contributed by atoms with E-state index < -0.39 is 24.0 Å². The molecule has 17 heavy (non-hydrogen) atoms. The Kier molecular flexibility index (Phi) is 8.96. The van der Waals surface area contributed by atoms with Gasteiger partial charge in [-0.2, -0.15) is 0 Å². The lowest BCUT2D eigenvalue weighted by Gasteiger charge is -2.10. The fraction of sp³-hybridized carbons (Fsp3) is 0.556. The van der Waals surface area contributed by atoms with E-state index in [0.29, 0.717) is 5.75 Å². The average Bonchev–Trinajstić information content (AvgIpc) is 2.30. The van der Waals surface area contributed by atoms with Crippen LogP contribution in [0.4, 0.5) is 0 Å². The molecular weight excluding hydrogens is 264 g/mol. The van der Waals surface area contributed by atoms with Crippen LogP contribution in [0.3, 0.4) is 0 Å². The molecular formula is C9H16N2O4S2. The summed E-state index contributed by atoms with van der Waals surface area (Å²) in [5.41, 5.74) is 10.8. The van der Waals surface area contributed by atoms with Crippen molar-refractivity contribution >= 4 is 33.5 Å². The molecule has 0 unspecified atom stereocenters. The minimum absolute atomic E-state index is 0.133. The van der Waals surface area contributed by atoms with E-state index in [0.717, 1.165) is 0 Å². The molecule has 0 amide bonds. The second-order valence-electron chi connectivity index (χ2n) is 3.04. The first-order chi connectivity index (χ1) is 7.99. The van der Waals surface area contributed by atoms with Gasteiger partial charge >= 0.3 is 11.9 Å². The Morgan fingerprint density at radius 2 is 1.82 bits per heavy atom. The van der Waals surface area contributed by atoms with Crippen LogP contribution in [-0.2, 0) is 14.3 Å². The average molecular weight is 280 g/mol. The van der Waals surface area contributed by atoms with Crippen LogP contribution >= 0.6 is 21.6 Å². The van der Waals surface area contributed by atoms with Crippen molar-refractivity contribution < 1.29 is 19.4 Å². The number of hydrogen-bond acceptors (Lipinski definition) is 7. The Bertz CT molecular complexity index is 276. The molecule has 0 aliphatic heterocycles. The molecule has 0 aromatic heterocycles. The van der Waals surface area contributed by atoms with Crippen molar-refractivity contribution in [2.75, 3.05) is 18.1 Å². The Morgan fingerprint density at radius 3 is 2.29 bits per heavy atom. The second-order valence-corrected chi connectivity index (χ2v) is 5.59. The third kappa shape index (κ3) is 8.08. The highest BCUT2D eigenvalue weighted by Gasteiger charge is 2.16. The smallest absolute Gasteiger partial charge is 0.324 e. The zero-order chi connectivity index (χ0) is 13.3. The zero-order valence-electron chi connectivity index (χ0n) is 9.20. The van der Waals surface area contributed by atoms with Crippen LogP contribution in [-0.4, -0.2) is 47.2 Å². The van der Waals surface area contributed by atoms with Gasteiger partial charge in [-0.15, -0.1) is 0 Å². The van der Waals surface area contributed by atoms with Gasteiger partial charge in [-0.25, -0.2) is 0 Å². The first-order valence-corrected chi connectivity index (χ1v) is 7.23.